The van der Waals surface area contributed by atoms with Gasteiger partial charge in [-0.05, 0) is 42.1 Å². The molecule has 6 heteroatoms. The molecule has 0 radical (unpaired) electrons. The molecule has 6 nitrogen and oxygen atoms in total. The van der Waals surface area contributed by atoms with Crippen LogP contribution in [0.3, 0.4) is 0 Å². The second kappa shape index (κ2) is 6.82. The molecule has 1 heterocycles. The minimum atomic E-state index is -0.986. The first-order valence-corrected chi connectivity index (χ1v) is 9.60. The summed E-state index contributed by atoms with van der Waals surface area (Å²) in [4.78, 5) is 25.1. The number of para-hydroxylation sites is 1. The third kappa shape index (κ3) is 3.24. The van der Waals surface area contributed by atoms with E-state index in [1.807, 2.05) is 23.1 Å². The Morgan fingerprint density at radius 1 is 1.15 bits per heavy atom. The SMILES string of the molecule is O=C(O)NCC1C2CN(C(=O)Cc3cccc(C4CCCC4)c3O)CC12. The van der Waals surface area contributed by atoms with Crippen molar-refractivity contribution in [3.8, 4) is 5.75 Å². The molecular formula is C20H26N2O4. The molecule has 2 saturated carbocycles. The maximum Gasteiger partial charge on any atom is 0.404 e. The van der Waals surface area contributed by atoms with Crippen LogP contribution in [0.25, 0.3) is 0 Å². The van der Waals surface area contributed by atoms with Crippen LogP contribution in [0.4, 0.5) is 4.79 Å². The van der Waals surface area contributed by atoms with Crippen LogP contribution in [-0.4, -0.2) is 46.7 Å². The number of fused-ring (bicyclic) bond motifs is 1. The van der Waals surface area contributed by atoms with E-state index in [9.17, 15) is 14.7 Å². The van der Waals surface area contributed by atoms with Crippen LogP contribution in [0.15, 0.2) is 18.2 Å². The lowest BCUT2D eigenvalue weighted by molar-refractivity contribution is -0.130. The normalized spacial score (nSPS) is 27.4. The third-order valence-corrected chi connectivity index (χ3v) is 6.50. The number of hydrogen-bond acceptors (Lipinski definition) is 3. The van der Waals surface area contributed by atoms with Gasteiger partial charge in [-0.2, -0.15) is 0 Å². The number of amides is 2. The van der Waals surface area contributed by atoms with Gasteiger partial charge in [0.05, 0.1) is 6.42 Å². The molecule has 1 aliphatic heterocycles. The maximum absolute atomic E-state index is 12.6. The quantitative estimate of drug-likeness (QED) is 0.755. The fourth-order valence-electron chi connectivity index (χ4n) is 4.96. The van der Waals surface area contributed by atoms with Gasteiger partial charge in [0.25, 0.3) is 0 Å². The second-order valence-electron chi connectivity index (χ2n) is 7.99. The van der Waals surface area contributed by atoms with Crippen molar-refractivity contribution in [2.75, 3.05) is 19.6 Å². The maximum atomic E-state index is 12.6. The number of aromatic hydroxyl groups is 1. The molecule has 3 N–H and O–H groups in total. The highest BCUT2D eigenvalue weighted by atomic mass is 16.4. The molecule has 140 valence electrons. The molecule has 1 aromatic rings. The Hall–Kier alpha value is -2.24. The van der Waals surface area contributed by atoms with E-state index in [2.05, 4.69) is 5.32 Å². The van der Waals surface area contributed by atoms with E-state index in [1.165, 1.54) is 12.8 Å². The molecule has 1 saturated heterocycles. The minimum absolute atomic E-state index is 0.0565. The van der Waals surface area contributed by atoms with E-state index in [0.29, 0.717) is 49.1 Å². The number of nitrogens with one attached hydrogen (secondary N) is 1. The van der Waals surface area contributed by atoms with Gasteiger partial charge < -0.3 is 20.4 Å². The minimum Gasteiger partial charge on any atom is -0.507 e. The number of carbonyl (C=O) groups excluding carboxylic acids is 1. The Balaban J connectivity index is 1.34. The van der Waals surface area contributed by atoms with Gasteiger partial charge in [0.1, 0.15) is 5.75 Å². The lowest BCUT2D eigenvalue weighted by Crippen LogP contribution is -2.34. The molecule has 1 aromatic carbocycles. The van der Waals surface area contributed by atoms with Gasteiger partial charge in [0.15, 0.2) is 0 Å². The Bertz CT molecular complexity index is 702. The predicted octanol–water partition coefficient (Wildman–Crippen LogP) is 2.56. The topological polar surface area (TPSA) is 89.9 Å². The van der Waals surface area contributed by atoms with Gasteiger partial charge in [0, 0.05) is 25.2 Å². The summed E-state index contributed by atoms with van der Waals surface area (Å²) in [6, 6.07) is 5.79. The molecule has 2 amide bonds. The third-order valence-electron chi connectivity index (χ3n) is 6.50. The first-order valence-electron chi connectivity index (χ1n) is 9.60. The van der Waals surface area contributed by atoms with Crippen molar-refractivity contribution in [1.82, 2.24) is 10.2 Å². The summed E-state index contributed by atoms with van der Waals surface area (Å²) in [6.07, 6.45) is 3.91. The van der Waals surface area contributed by atoms with Gasteiger partial charge in [0.2, 0.25) is 5.91 Å². The van der Waals surface area contributed by atoms with Crippen LogP contribution in [0.2, 0.25) is 0 Å². The Labute approximate surface area is 153 Å². The number of phenolic OH excluding ortho intramolecular Hbond substituents is 1. The Morgan fingerprint density at radius 2 is 1.85 bits per heavy atom. The highest BCUT2D eigenvalue weighted by Crippen LogP contribution is 2.51. The largest absolute Gasteiger partial charge is 0.507 e. The average molecular weight is 358 g/mol. The summed E-state index contributed by atoms with van der Waals surface area (Å²) in [7, 11) is 0. The van der Waals surface area contributed by atoms with Gasteiger partial charge in [-0.1, -0.05) is 31.0 Å². The van der Waals surface area contributed by atoms with Crippen molar-refractivity contribution in [1.29, 1.82) is 0 Å². The summed E-state index contributed by atoms with van der Waals surface area (Å²) in [6.45, 7) is 1.90. The van der Waals surface area contributed by atoms with Crippen LogP contribution < -0.4 is 5.32 Å². The summed E-state index contributed by atoms with van der Waals surface area (Å²) in [5.41, 5.74) is 1.72. The van der Waals surface area contributed by atoms with Crippen molar-refractivity contribution >= 4 is 12.0 Å². The number of rotatable bonds is 5. The first kappa shape index (κ1) is 17.2. The fourth-order valence-corrected chi connectivity index (χ4v) is 4.96. The number of piperidine rings is 1. The molecule has 0 bridgehead atoms. The monoisotopic (exact) mass is 358 g/mol. The predicted molar refractivity (Wildman–Crippen MR) is 96.1 cm³/mol. The molecule has 2 unspecified atom stereocenters. The van der Waals surface area contributed by atoms with Crippen LogP contribution in [0.5, 0.6) is 5.75 Å². The average Bonchev–Trinajstić information content (AvgIpc) is 3.04. The highest BCUT2D eigenvalue weighted by Gasteiger charge is 2.56. The van der Waals surface area contributed by atoms with Gasteiger partial charge >= 0.3 is 6.09 Å². The van der Waals surface area contributed by atoms with Gasteiger partial charge in [-0.15, -0.1) is 0 Å². The highest BCUT2D eigenvalue weighted by molar-refractivity contribution is 5.80. The molecule has 0 aromatic heterocycles. The van der Waals surface area contributed by atoms with Crippen molar-refractivity contribution in [3.05, 3.63) is 29.3 Å². The standard InChI is InChI=1S/C20H26N2O4/c23-18(22-10-16-15(17(16)11-22)9-21-20(25)26)8-13-6-3-7-14(19(13)24)12-4-1-2-5-12/h3,6-7,12,15-17,21,24H,1-2,4-5,8-11H2,(H,25,26). The van der Waals surface area contributed by atoms with E-state index < -0.39 is 6.09 Å². The fraction of sp³-hybridized carbons (Fsp3) is 0.600. The molecular weight excluding hydrogens is 332 g/mol. The summed E-state index contributed by atoms with van der Waals surface area (Å²) >= 11 is 0. The first-order chi connectivity index (χ1) is 12.5. The molecule has 4 rings (SSSR count). The van der Waals surface area contributed by atoms with Gasteiger partial charge in [-0.25, -0.2) is 4.79 Å². The summed E-state index contributed by atoms with van der Waals surface area (Å²) in [5, 5.41) is 21.8. The van der Waals surface area contributed by atoms with E-state index in [4.69, 9.17) is 5.11 Å². The number of hydrogen-bond donors (Lipinski definition) is 3. The molecule has 2 aliphatic carbocycles. The van der Waals surface area contributed by atoms with Crippen LogP contribution in [0.1, 0.15) is 42.7 Å². The zero-order valence-corrected chi connectivity index (χ0v) is 14.9. The Morgan fingerprint density at radius 3 is 2.50 bits per heavy atom. The van der Waals surface area contributed by atoms with Crippen molar-refractivity contribution < 1.29 is 19.8 Å². The van der Waals surface area contributed by atoms with Crippen LogP contribution >= 0.6 is 0 Å². The summed E-state index contributed by atoms with van der Waals surface area (Å²) in [5.74, 6) is 2.00. The lowest BCUT2D eigenvalue weighted by atomic mass is 9.93. The number of phenols is 1. The van der Waals surface area contributed by atoms with E-state index >= 15 is 0 Å². The van der Waals surface area contributed by atoms with Crippen LogP contribution in [-0.2, 0) is 11.2 Å². The number of carbonyl (C=O) groups is 2. The molecule has 3 aliphatic rings. The molecule has 2 atom stereocenters. The van der Waals surface area contributed by atoms with E-state index in [1.54, 1.807) is 0 Å². The lowest BCUT2D eigenvalue weighted by Gasteiger charge is -2.21. The molecule has 3 fully saturated rings. The second-order valence-corrected chi connectivity index (χ2v) is 7.99. The number of carboxylic acid groups (broad SMARTS) is 1. The van der Waals surface area contributed by atoms with E-state index in [-0.39, 0.29) is 12.3 Å². The van der Waals surface area contributed by atoms with Gasteiger partial charge in [-0.3, -0.25) is 4.79 Å². The zero-order chi connectivity index (χ0) is 18.3. The zero-order valence-electron chi connectivity index (χ0n) is 14.9. The van der Waals surface area contributed by atoms with Crippen molar-refractivity contribution in [3.63, 3.8) is 0 Å². The molecule has 0 spiro atoms. The van der Waals surface area contributed by atoms with Crippen LogP contribution in [0, 0.1) is 17.8 Å². The summed E-state index contributed by atoms with van der Waals surface area (Å²) < 4.78 is 0. The Kier molecular flexibility index (Phi) is 4.51. The number of nitrogens with zero attached hydrogens (tertiary/aromatic N) is 1. The molecule has 26 heavy (non-hydrogen) atoms. The number of benzene rings is 1. The van der Waals surface area contributed by atoms with Crippen molar-refractivity contribution in [2.24, 2.45) is 17.8 Å². The van der Waals surface area contributed by atoms with E-state index in [0.717, 1.165) is 24.0 Å². The number of likely N-dealkylation sites (tertiary alicyclic amines) is 1. The smallest absolute Gasteiger partial charge is 0.404 e. The van der Waals surface area contributed by atoms with Crippen molar-refractivity contribution in [2.45, 2.75) is 38.0 Å².